The molecule has 12 heavy (non-hydrogen) atoms. The Kier molecular flexibility index (Phi) is 2.18. The maximum atomic E-state index is 10.8. The fraction of sp³-hybridized carbons (Fsp3) is 0.667. The van der Waals surface area contributed by atoms with Crippen LogP contribution in [0, 0.1) is 0 Å². The lowest BCUT2D eigenvalue weighted by molar-refractivity contribution is -0.119. The van der Waals surface area contributed by atoms with Gasteiger partial charge in [-0.15, -0.1) is 0 Å². The minimum atomic E-state index is -3.10. The van der Waals surface area contributed by atoms with Crippen LogP contribution in [0.15, 0.2) is 4.99 Å². The van der Waals surface area contributed by atoms with Crippen LogP contribution in [0.5, 0.6) is 0 Å². The fourth-order valence-electron chi connectivity index (χ4n) is 0.893. The molecule has 0 saturated carbocycles. The summed E-state index contributed by atoms with van der Waals surface area (Å²) in [5, 5.41) is 2.39. The largest absolute Gasteiger partial charge is 0.312 e. The zero-order valence-electron chi connectivity index (χ0n) is 6.86. The van der Waals surface area contributed by atoms with Gasteiger partial charge < -0.3 is 5.32 Å². The molecule has 1 unspecified atom stereocenters. The molecule has 1 amide bonds. The SMILES string of the molecule is CC1N=C(CS(C)(=O)=O)NC1=O. The second-order valence-electron chi connectivity index (χ2n) is 2.81. The number of nitrogens with one attached hydrogen (secondary N) is 1. The predicted octanol–water partition coefficient (Wildman–Crippen LogP) is -1.05. The monoisotopic (exact) mass is 190 g/mol. The van der Waals surface area contributed by atoms with Crippen LogP contribution in [0.25, 0.3) is 0 Å². The van der Waals surface area contributed by atoms with Crippen LogP contribution in [0.3, 0.4) is 0 Å². The van der Waals surface area contributed by atoms with Crippen molar-refractivity contribution in [2.24, 2.45) is 4.99 Å². The van der Waals surface area contributed by atoms with E-state index in [2.05, 4.69) is 10.3 Å². The molecule has 0 aromatic rings. The molecular formula is C6H10N2O3S. The van der Waals surface area contributed by atoms with Gasteiger partial charge in [-0.2, -0.15) is 0 Å². The molecule has 1 rings (SSSR count). The van der Waals surface area contributed by atoms with Crippen LogP contribution in [0.1, 0.15) is 6.92 Å². The van der Waals surface area contributed by atoms with E-state index in [4.69, 9.17) is 0 Å². The van der Waals surface area contributed by atoms with Gasteiger partial charge in [-0.1, -0.05) is 0 Å². The van der Waals surface area contributed by atoms with E-state index in [1.165, 1.54) is 0 Å². The zero-order chi connectivity index (χ0) is 9.35. The number of amides is 1. The lowest BCUT2D eigenvalue weighted by Crippen LogP contribution is -2.31. The number of carbonyl (C=O) groups is 1. The third-order valence-corrected chi connectivity index (χ3v) is 2.19. The fourth-order valence-corrected chi connectivity index (χ4v) is 1.54. The van der Waals surface area contributed by atoms with Crippen molar-refractivity contribution in [3.05, 3.63) is 0 Å². The van der Waals surface area contributed by atoms with Crippen molar-refractivity contribution in [2.45, 2.75) is 13.0 Å². The average Bonchev–Trinajstić information content (AvgIpc) is 2.07. The van der Waals surface area contributed by atoms with E-state index in [-0.39, 0.29) is 17.5 Å². The van der Waals surface area contributed by atoms with Crippen LogP contribution >= 0.6 is 0 Å². The smallest absolute Gasteiger partial charge is 0.249 e. The molecule has 0 aromatic heterocycles. The normalized spacial score (nSPS) is 23.7. The van der Waals surface area contributed by atoms with E-state index in [1.807, 2.05) is 0 Å². The molecule has 68 valence electrons. The molecule has 1 aliphatic heterocycles. The maximum absolute atomic E-state index is 10.8. The highest BCUT2D eigenvalue weighted by Crippen LogP contribution is 2.00. The quantitative estimate of drug-likeness (QED) is 0.603. The Morgan fingerprint density at radius 2 is 2.17 bits per heavy atom. The first kappa shape index (κ1) is 9.18. The molecule has 1 N–H and O–H groups in total. The van der Waals surface area contributed by atoms with Crippen molar-refractivity contribution < 1.29 is 13.2 Å². The average molecular weight is 190 g/mol. The minimum absolute atomic E-state index is 0.191. The van der Waals surface area contributed by atoms with Gasteiger partial charge in [-0.25, -0.2) is 8.42 Å². The summed E-state index contributed by atoms with van der Waals surface area (Å²) in [5.74, 6) is -0.188. The molecule has 0 aliphatic carbocycles. The van der Waals surface area contributed by atoms with Gasteiger partial charge in [-0.3, -0.25) is 9.79 Å². The third kappa shape index (κ3) is 2.30. The molecule has 5 nitrogen and oxygen atoms in total. The molecule has 0 spiro atoms. The number of nitrogens with zero attached hydrogens (tertiary/aromatic N) is 1. The van der Waals surface area contributed by atoms with E-state index >= 15 is 0 Å². The summed E-state index contributed by atoms with van der Waals surface area (Å²) in [5.41, 5.74) is 0. The first-order chi connectivity index (χ1) is 5.38. The molecule has 0 radical (unpaired) electrons. The van der Waals surface area contributed by atoms with Gasteiger partial charge in [0, 0.05) is 6.26 Å². The molecule has 1 heterocycles. The highest BCUT2D eigenvalue weighted by molar-refractivity contribution is 7.91. The molecule has 1 atom stereocenters. The Morgan fingerprint density at radius 1 is 1.58 bits per heavy atom. The van der Waals surface area contributed by atoms with Gasteiger partial charge in [0.1, 0.15) is 17.6 Å². The number of rotatable bonds is 2. The lowest BCUT2D eigenvalue weighted by Gasteiger charge is -1.96. The molecule has 0 bridgehead atoms. The third-order valence-electron chi connectivity index (χ3n) is 1.40. The van der Waals surface area contributed by atoms with Crippen molar-refractivity contribution in [2.75, 3.05) is 12.0 Å². The predicted molar refractivity (Wildman–Crippen MR) is 44.8 cm³/mol. The van der Waals surface area contributed by atoms with Crippen molar-refractivity contribution >= 4 is 21.6 Å². The van der Waals surface area contributed by atoms with Crippen LogP contribution in [-0.4, -0.2) is 38.2 Å². The summed E-state index contributed by atoms with van der Waals surface area (Å²) >= 11 is 0. The maximum Gasteiger partial charge on any atom is 0.249 e. The van der Waals surface area contributed by atoms with Gasteiger partial charge in [-0.05, 0) is 6.92 Å². The standard InChI is InChI=1S/C6H10N2O3S/c1-4-6(9)8-5(7-4)3-12(2,10)11/h4H,3H2,1-2H3,(H,7,8,9). The van der Waals surface area contributed by atoms with Crippen molar-refractivity contribution in [3.63, 3.8) is 0 Å². The van der Waals surface area contributed by atoms with Crippen molar-refractivity contribution in [1.82, 2.24) is 5.32 Å². The first-order valence-corrected chi connectivity index (χ1v) is 5.50. The van der Waals surface area contributed by atoms with E-state index < -0.39 is 15.9 Å². The molecule has 1 aliphatic rings. The molecule has 6 heteroatoms. The Bertz CT molecular complexity index is 331. The summed E-state index contributed by atoms with van der Waals surface area (Å²) in [6.45, 7) is 1.62. The summed E-state index contributed by atoms with van der Waals surface area (Å²) in [7, 11) is -3.10. The van der Waals surface area contributed by atoms with Crippen molar-refractivity contribution in [3.8, 4) is 0 Å². The summed E-state index contributed by atoms with van der Waals surface area (Å²) in [6.07, 6.45) is 1.10. The first-order valence-electron chi connectivity index (χ1n) is 3.44. The number of sulfone groups is 1. The summed E-state index contributed by atoms with van der Waals surface area (Å²) in [4.78, 5) is 14.7. The topological polar surface area (TPSA) is 75.6 Å². The molecule has 0 fully saturated rings. The van der Waals surface area contributed by atoms with E-state index in [1.54, 1.807) is 6.92 Å². The Labute approximate surface area is 70.8 Å². The Balaban J connectivity index is 2.70. The summed E-state index contributed by atoms with van der Waals surface area (Å²) in [6, 6.07) is -0.457. The van der Waals surface area contributed by atoms with Crippen LogP contribution in [0.4, 0.5) is 0 Å². The highest BCUT2D eigenvalue weighted by atomic mass is 32.2. The molecular weight excluding hydrogens is 180 g/mol. The van der Waals surface area contributed by atoms with E-state index in [0.717, 1.165) is 6.26 Å². The number of hydrogen-bond donors (Lipinski definition) is 1. The van der Waals surface area contributed by atoms with Gasteiger partial charge in [0.15, 0.2) is 9.84 Å². The van der Waals surface area contributed by atoms with Gasteiger partial charge in [0.2, 0.25) is 5.91 Å². The van der Waals surface area contributed by atoms with Gasteiger partial charge in [0.05, 0.1) is 0 Å². The van der Waals surface area contributed by atoms with E-state index in [0.29, 0.717) is 0 Å². The molecule has 0 saturated heterocycles. The van der Waals surface area contributed by atoms with Gasteiger partial charge >= 0.3 is 0 Å². The minimum Gasteiger partial charge on any atom is -0.312 e. The van der Waals surface area contributed by atoms with E-state index in [9.17, 15) is 13.2 Å². The zero-order valence-corrected chi connectivity index (χ0v) is 7.68. The Hall–Kier alpha value is -0.910. The van der Waals surface area contributed by atoms with Crippen LogP contribution in [-0.2, 0) is 14.6 Å². The summed E-state index contributed by atoms with van der Waals surface area (Å²) < 4.78 is 21.5. The van der Waals surface area contributed by atoms with Crippen LogP contribution < -0.4 is 5.32 Å². The van der Waals surface area contributed by atoms with Crippen molar-refractivity contribution in [1.29, 1.82) is 0 Å². The highest BCUT2D eigenvalue weighted by Gasteiger charge is 2.23. The second-order valence-corrected chi connectivity index (χ2v) is 4.95. The van der Waals surface area contributed by atoms with Gasteiger partial charge in [0.25, 0.3) is 0 Å². The number of aliphatic imine (C=N–C) groups is 1. The number of hydrogen-bond acceptors (Lipinski definition) is 4. The number of amidine groups is 1. The lowest BCUT2D eigenvalue weighted by atomic mass is 10.4. The van der Waals surface area contributed by atoms with Crippen LogP contribution in [0.2, 0.25) is 0 Å². The second kappa shape index (κ2) is 2.85. The Morgan fingerprint density at radius 3 is 2.50 bits per heavy atom. The molecule has 0 aromatic carbocycles. The number of carbonyl (C=O) groups excluding carboxylic acids is 1.